The second-order valence-electron chi connectivity index (χ2n) is 6.34. The zero-order chi connectivity index (χ0) is 18.7. The topological polar surface area (TPSA) is 138 Å². The number of hydrogen-bond donors (Lipinski definition) is 4. The molecule has 0 saturated carbocycles. The van der Waals surface area contributed by atoms with Crippen molar-refractivity contribution in [1.82, 2.24) is 9.88 Å². The SMILES string of the molecule is CC(C(=O)Nc1cc(B(O)O)cc(N)n1)N(C)C(=O)OC(C)(C)C. The minimum Gasteiger partial charge on any atom is -0.444 e. The lowest BCUT2D eigenvalue weighted by Crippen LogP contribution is -2.45. The van der Waals surface area contributed by atoms with Crippen LogP contribution in [0.4, 0.5) is 16.4 Å². The summed E-state index contributed by atoms with van der Waals surface area (Å²) in [5, 5.41) is 20.8. The standard InChI is InChI=1S/C14H23BN4O5/c1-8(19(5)13(21)24-14(2,3)4)12(20)18-11-7-9(15(22)23)6-10(16)17-11/h6-8,22-23H,1-5H3,(H3,16,17,18,20). The van der Waals surface area contributed by atoms with Gasteiger partial charge in [0.2, 0.25) is 5.91 Å². The average molecular weight is 338 g/mol. The Bertz CT molecular complexity index is 618. The molecule has 1 rings (SSSR count). The molecule has 0 spiro atoms. The van der Waals surface area contributed by atoms with Crippen LogP contribution in [0.2, 0.25) is 0 Å². The summed E-state index contributed by atoms with van der Waals surface area (Å²) in [6.07, 6.45) is -0.642. The van der Waals surface area contributed by atoms with E-state index in [0.29, 0.717) is 0 Å². The molecule has 0 radical (unpaired) electrons. The molecule has 0 aromatic carbocycles. The van der Waals surface area contributed by atoms with E-state index < -0.39 is 30.8 Å². The third-order valence-corrected chi connectivity index (χ3v) is 3.06. The fourth-order valence-corrected chi connectivity index (χ4v) is 1.69. The highest BCUT2D eigenvalue weighted by molar-refractivity contribution is 6.58. The van der Waals surface area contributed by atoms with E-state index in [2.05, 4.69) is 10.3 Å². The molecule has 0 fully saturated rings. The van der Waals surface area contributed by atoms with Crippen LogP contribution in [0.5, 0.6) is 0 Å². The van der Waals surface area contributed by atoms with Crippen LogP contribution in [0, 0.1) is 0 Å². The van der Waals surface area contributed by atoms with Gasteiger partial charge in [-0.2, -0.15) is 0 Å². The van der Waals surface area contributed by atoms with Gasteiger partial charge in [0, 0.05) is 7.05 Å². The van der Waals surface area contributed by atoms with Gasteiger partial charge in [-0.05, 0) is 45.3 Å². The van der Waals surface area contributed by atoms with Crippen molar-refractivity contribution < 1.29 is 24.4 Å². The third-order valence-electron chi connectivity index (χ3n) is 3.06. The molecular formula is C14H23BN4O5. The molecule has 0 bridgehead atoms. The van der Waals surface area contributed by atoms with E-state index in [1.165, 1.54) is 26.1 Å². The lowest BCUT2D eigenvalue weighted by Gasteiger charge is -2.28. The van der Waals surface area contributed by atoms with Gasteiger partial charge >= 0.3 is 13.2 Å². The van der Waals surface area contributed by atoms with E-state index >= 15 is 0 Å². The van der Waals surface area contributed by atoms with E-state index in [0.717, 1.165) is 4.90 Å². The molecule has 1 aromatic heterocycles. The Labute approximate surface area is 141 Å². The van der Waals surface area contributed by atoms with Crippen molar-refractivity contribution >= 4 is 36.2 Å². The molecule has 1 unspecified atom stereocenters. The first-order chi connectivity index (χ1) is 10.9. The number of nitrogens with two attached hydrogens (primary N) is 1. The number of carbonyl (C=O) groups is 2. The summed E-state index contributed by atoms with van der Waals surface area (Å²) in [7, 11) is -0.304. The number of amides is 2. The summed E-state index contributed by atoms with van der Waals surface area (Å²) in [6, 6.07) is 1.71. The summed E-state index contributed by atoms with van der Waals surface area (Å²) in [5.74, 6) is -0.462. The second-order valence-corrected chi connectivity index (χ2v) is 6.34. The Morgan fingerprint density at radius 2 is 1.96 bits per heavy atom. The van der Waals surface area contributed by atoms with Crippen molar-refractivity contribution in [2.45, 2.75) is 39.3 Å². The molecule has 0 aliphatic rings. The zero-order valence-electron chi connectivity index (χ0n) is 14.4. The highest BCUT2D eigenvalue weighted by Gasteiger charge is 2.27. The minimum atomic E-state index is -1.74. The van der Waals surface area contributed by atoms with Crippen LogP contribution in [0.15, 0.2) is 12.1 Å². The average Bonchev–Trinajstić information content (AvgIpc) is 2.42. The number of nitrogens with zero attached hydrogens (tertiary/aromatic N) is 2. The van der Waals surface area contributed by atoms with E-state index in [1.54, 1.807) is 20.8 Å². The molecule has 1 heterocycles. The molecule has 1 aromatic rings. The largest absolute Gasteiger partial charge is 0.488 e. The number of pyridine rings is 1. The first-order valence-corrected chi connectivity index (χ1v) is 7.31. The normalized spacial score (nSPS) is 12.3. The van der Waals surface area contributed by atoms with Crippen LogP contribution < -0.4 is 16.5 Å². The van der Waals surface area contributed by atoms with Crippen LogP contribution in [-0.4, -0.2) is 57.7 Å². The Morgan fingerprint density at radius 3 is 2.46 bits per heavy atom. The van der Waals surface area contributed by atoms with Gasteiger partial charge in [-0.3, -0.25) is 9.69 Å². The maximum absolute atomic E-state index is 12.3. The molecule has 24 heavy (non-hydrogen) atoms. The lowest BCUT2D eigenvalue weighted by atomic mass is 9.81. The molecular weight excluding hydrogens is 315 g/mol. The van der Waals surface area contributed by atoms with Crippen LogP contribution in [-0.2, 0) is 9.53 Å². The van der Waals surface area contributed by atoms with Crippen molar-refractivity contribution in [1.29, 1.82) is 0 Å². The molecule has 1 atom stereocenters. The number of anilines is 2. The number of nitrogens with one attached hydrogen (secondary N) is 1. The Kier molecular flexibility index (Phi) is 6.16. The van der Waals surface area contributed by atoms with Crippen LogP contribution in [0.3, 0.4) is 0 Å². The van der Waals surface area contributed by atoms with Gasteiger partial charge in [0.1, 0.15) is 23.3 Å². The van der Waals surface area contributed by atoms with E-state index in [1.807, 2.05) is 0 Å². The fourth-order valence-electron chi connectivity index (χ4n) is 1.69. The van der Waals surface area contributed by atoms with Crippen LogP contribution >= 0.6 is 0 Å². The Balaban J connectivity index is 2.82. The summed E-state index contributed by atoms with van der Waals surface area (Å²) in [6.45, 7) is 6.69. The van der Waals surface area contributed by atoms with Crippen molar-refractivity contribution in [2.24, 2.45) is 0 Å². The smallest absolute Gasteiger partial charge is 0.444 e. The zero-order valence-corrected chi connectivity index (χ0v) is 14.4. The first kappa shape index (κ1) is 19.7. The van der Waals surface area contributed by atoms with Gasteiger partial charge < -0.3 is 25.8 Å². The van der Waals surface area contributed by atoms with Crippen molar-refractivity contribution in [3.63, 3.8) is 0 Å². The minimum absolute atomic E-state index is 0.0176. The number of nitrogen functional groups attached to an aromatic ring is 1. The highest BCUT2D eigenvalue weighted by Crippen LogP contribution is 2.12. The monoisotopic (exact) mass is 338 g/mol. The predicted molar refractivity (Wildman–Crippen MR) is 90.6 cm³/mol. The van der Waals surface area contributed by atoms with Crippen LogP contribution in [0.1, 0.15) is 27.7 Å². The summed E-state index contributed by atoms with van der Waals surface area (Å²) < 4.78 is 5.20. The second kappa shape index (κ2) is 7.50. The van der Waals surface area contributed by atoms with E-state index in [9.17, 15) is 19.6 Å². The number of hydrogen-bond acceptors (Lipinski definition) is 7. The summed E-state index contributed by atoms with van der Waals surface area (Å²) >= 11 is 0. The number of aromatic nitrogens is 1. The molecule has 10 heteroatoms. The number of likely N-dealkylation sites (N-methyl/N-ethyl adjacent to an activating group) is 1. The maximum atomic E-state index is 12.3. The third kappa shape index (κ3) is 5.71. The number of rotatable bonds is 4. The van der Waals surface area contributed by atoms with Gasteiger partial charge in [-0.1, -0.05) is 0 Å². The van der Waals surface area contributed by atoms with Crippen molar-refractivity contribution in [2.75, 3.05) is 18.1 Å². The molecule has 0 aliphatic heterocycles. The molecule has 0 aliphatic carbocycles. The molecule has 0 saturated heterocycles. The Hall–Kier alpha value is -2.33. The quantitative estimate of drug-likeness (QED) is 0.545. The molecule has 5 N–H and O–H groups in total. The number of carbonyl (C=O) groups excluding carboxylic acids is 2. The molecule has 9 nitrogen and oxygen atoms in total. The van der Waals surface area contributed by atoms with Gasteiger partial charge in [-0.15, -0.1) is 0 Å². The van der Waals surface area contributed by atoms with Crippen molar-refractivity contribution in [3.8, 4) is 0 Å². The Morgan fingerprint density at radius 1 is 1.38 bits per heavy atom. The van der Waals surface area contributed by atoms with Gasteiger partial charge in [0.05, 0.1) is 0 Å². The summed E-state index contributed by atoms with van der Waals surface area (Å²) in [5.41, 5.74) is 4.97. The van der Waals surface area contributed by atoms with Gasteiger partial charge in [0.15, 0.2) is 0 Å². The van der Waals surface area contributed by atoms with Crippen LogP contribution in [0.25, 0.3) is 0 Å². The molecule has 132 valence electrons. The van der Waals surface area contributed by atoms with E-state index in [4.69, 9.17) is 10.5 Å². The number of ether oxygens (including phenoxy) is 1. The van der Waals surface area contributed by atoms with E-state index in [-0.39, 0.29) is 17.1 Å². The van der Waals surface area contributed by atoms with Gasteiger partial charge in [-0.25, -0.2) is 9.78 Å². The fraction of sp³-hybridized carbons (Fsp3) is 0.500. The maximum Gasteiger partial charge on any atom is 0.488 e. The van der Waals surface area contributed by atoms with Gasteiger partial charge in [0.25, 0.3) is 0 Å². The van der Waals surface area contributed by atoms with Crippen molar-refractivity contribution in [3.05, 3.63) is 12.1 Å². The highest BCUT2D eigenvalue weighted by atomic mass is 16.6. The molecule has 2 amide bonds. The summed E-state index contributed by atoms with van der Waals surface area (Å²) in [4.78, 5) is 29.3. The predicted octanol–water partition coefficient (Wildman–Crippen LogP) is -0.462. The first-order valence-electron chi connectivity index (χ1n) is 7.31. The lowest BCUT2D eigenvalue weighted by molar-refractivity contribution is -0.120.